The Labute approximate surface area is 105 Å². The van der Waals surface area contributed by atoms with Crippen LogP contribution in [0, 0.1) is 0 Å². The zero-order valence-corrected chi connectivity index (χ0v) is 10.9. The molecule has 0 radical (unpaired) electrons. The van der Waals surface area contributed by atoms with E-state index < -0.39 is 4.46 Å². The largest absolute Gasteiger partial charge is 0.383 e. The molecule has 0 spiro atoms. The van der Waals surface area contributed by atoms with Crippen molar-refractivity contribution in [2.24, 2.45) is 0 Å². The Hall–Kier alpha value is -0.230. The van der Waals surface area contributed by atoms with E-state index in [9.17, 15) is 4.79 Å². The lowest BCUT2D eigenvalue weighted by atomic mass is 10.5. The number of carbonyl (C=O) groups excluding carboxylic acids is 1. The van der Waals surface area contributed by atoms with Gasteiger partial charge in [-0.2, -0.15) is 0 Å². The first kappa shape index (κ1) is 13.8. The van der Waals surface area contributed by atoms with Crippen molar-refractivity contribution in [2.45, 2.75) is 4.46 Å². The molecule has 1 fully saturated rings. The second-order valence-corrected chi connectivity index (χ2v) is 4.95. The highest BCUT2D eigenvalue weighted by molar-refractivity contribution is 6.49. The van der Waals surface area contributed by atoms with Crippen molar-refractivity contribution >= 4 is 29.2 Å². The summed E-state index contributed by atoms with van der Waals surface area (Å²) in [6.07, 6.45) is 0. The van der Waals surface area contributed by atoms with E-state index in [1.165, 1.54) is 4.90 Å². The number of alkyl halides is 2. The first-order chi connectivity index (χ1) is 7.53. The van der Waals surface area contributed by atoms with E-state index in [1.54, 1.807) is 19.1 Å². The maximum Gasteiger partial charge on any atom is 0.322 e. The summed E-state index contributed by atoms with van der Waals surface area (Å²) < 4.78 is 8.64. The van der Waals surface area contributed by atoms with E-state index in [2.05, 4.69) is 0 Å². The smallest absolute Gasteiger partial charge is 0.322 e. The van der Waals surface area contributed by atoms with Crippen LogP contribution in [0.3, 0.4) is 0 Å². The number of hydrogen-bond acceptors (Lipinski definition) is 3. The molecule has 0 bridgehead atoms. The average molecular weight is 271 g/mol. The Morgan fingerprint density at radius 2 is 1.81 bits per heavy atom. The molecule has 0 saturated carbocycles. The molecule has 1 aliphatic heterocycles. The number of carbonyl (C=O) groups is 1. The monoisotopic (exact) mass is 270 g/mol. The fraction of sp³-hybridized carbons (Fsp3) is 0.889. The second kappa shape index (κ2) is 5.91. The van der Waals surface area contributed by atoms with Gasteiger partial charge in [-0.25, -0.2) is 4.79 Å². The predicted octanol–water partition coefficient (Wildman–Crippen LogP) is 1.15. The SMILES string of the molecule is COCCN1CC(Cl)(Cl)N(CCOC)C1=O. The molecule has 7 heteroatoms. The van der Waals surface area contributed by atoms with Crippen LogP contribution in [-0.4, -0.2) is 67.4 Å². The van der Waals surface area contributed by atoms with Crippen LogP contribution < -0.4 is 0 Å². The van der Waals surface area contributed by atoms with Crippen LogP contribution in [0.15, 0.2) is 0 Å². The number of hydrogen-bond donors (Lipinski definition) is 0. The van der Waals surface area contributed by atoms with Crippen LogP contribution in [0.25, 0.3) is 0 Å². The Morgan fingerprint density at radius 3 is 2.38 bits per heavy atom. The summed E-state index contributed by atoms with van der Waals surface area (Å²) in [7, 11) is 3.14. The zero-order chi connectivity index (χ0) is 12.2. The lowest BCUT2D eigenvalue weighted by Gasteiger charge is -2.24. The van der Waals surface area contributed by atoms with Crippen molar-refractivity contribution in [3.63, 3.8) is 0 Å². The number of ether oxygens (including phenoxy) is 2. The van der Waals surface area contributed by atoms with Crippen molar-refractivity contribution < 1.29 is 14.3 Å². The van der Waals surface area contributed by atoms with Crippen LogP contribution in [-0.2, 0) is 9.47 Å². The fourth-order valence-electron chi connectivity index (χ4n) is 1.51. The lowest BCUT2D eigenvalue weighted by Crippen LogP contribution is -2.40. The average Bonchev–Trinajstić information content (AvgIpc) is 2.44. The van der Waals surface area contributed by atoms with Gasteiger partial charge in [0.05, 0.1) is 19.8 Å². The number of urea groups is 1. The Balaban J connectivity index is 2.59. The third-order valence-electron chi connectivity index (χ3n) is 2.36. The molecule has 1 aliphatic rings. The third kappa shape index (κ3) is 3.13. The van der Waals surface area contributed by atoms with Crippen molar-refractivity contribution in [1.82, 2.24) is 9.80 Å². The molecule has 0 aromatic carbocycles. The third-order valence-corrected chi connectivity index (χ3v) is 3.01. The van der Waals surface area contributed by atoms with E-state index >= 15 is 0 Å². The molecule has 1 saturated heterocycles. The molecule has 94 valence electrons. The van der Waals surface area contributed by atoms with Gasteiger partial charge in [-0.15, -0.1) is 0 Å². The van der Waals surface area contributed by atoms with Gasteiger partial charge >= 0.3 is 6.03 Å². The van der Waals surface area contributed by atoms with Gasteiger partial charge in [0.1, 0.15) is 0 Å². The van der Waals surface area contributed by atoms with Crippen molar-refractivity contribution in [3.8, 4) is 0 Å². The quantitative estimate of drug-likeness (QED) is 0.537. The molecular formula is C9H16Cl2N2O3. The molecule has 1 heterocycles. The second-order valence-electron chi connectivity index (χ2n) is 3.51. The molecule has 0 unspecified atom stereocenters. The lowest BCUT2D eigenvalue weighted by molar-refractivity contribution is 0.140. The van der Waals surface area contributed by atoms with Crippen LogP contribution in [0.2, 0.25) is 0 Å². The van der Waals surface area contributed by atoms with Gasteiger partial charge in [-0.3, -0.25) is 4.90 Å². The van der Waals surface area contributed by atoms with Crippen LogP contribution in [0.5, 0.6) is 0 Å². The van der Waals surface area contributed by atoms with Gasteiger partial charge in [0.25, 0.3) is 0 Å². The highest BCUT2D eigenvalue weighted by Gasteiger charge is 2.46. The number of nitrogens with zero attached hydrogens (tertiary/aromatic N) is 2. The zero-order valence-electron chi connectivity index (χ0n) is 9.41. The summed E-state index contributed by atoms with van der Waals surface area (Å²) in [5, 5.41) is 0. The minimum atomic E-state index is -1.18. The van der Waals surface area contributed by atoms with Gasteiger partial charge in [-0.05, 0) is 0 Å². The van der Waals surface area contributed by atoms with E-state index in [-0.39, 0.29) is 12.6 Å². The van der Waals surface area contributed by atoms with Crippen LogP contribution >= 0.6 is 23.2 Å². The minimum Gasteiger partial charge on any atom is -0.383 e. The maximum atomic E-state index is 11.9. The van der Waals surface area contributed by atoms with Gasteiger partial charge in [0.15, 0.2) is 0 Å². The first-order valence-electron chi connectivity index (χ1n) is 4.95. The highest BCUT2D eigenvalue weighted by atomic mass is 35.5. The molecule has 1 rings (SSSR count). The summed E-state index contributed by atoms with van der Waals surface area (Å²) in [5.41, 5.74) is 0. The molecule has 0 N–H and O–H groups in total. The normalized spacial score (nSPS) is 19.6. The van der Waals surface area contributed by atoms with E-state index in [0.29, 0.717) is 26.3 Å². The molecule has 0 aromatic rings. The van der Waals surface area contributed by atoms with Crippen LogP contribution in [0.1, 0.15) is 0 Å². The predicted molar refractivity (Wildman–Crippen MR) is 61.9 cm³/mol. The summed E-state index contributed by atoms with van der Waals surface area (Å²) in [4.78, 5) is 14.9. The van der Waals surface area contributed by atoms with E-state index in [4.69, 9.17) is 32.7 Å². The Kier molecular flexibility index (Phi) is 5.11. The summed E-state index contributed by atoms with van der Waals surface area (Å²) >= 11 is 12.1. The van der Waals surface area contributed by atoms with Crippen molar-refractivity contribution in [2.75, 3.05) is 47.1 Å². The summed E-state index contributed by atoms with van der Waals surface area (Å²) in [6.45, 7) is 2.02. The molecule has 5 nitrogen and oxygen atoms in total. The highest BCUT2D eigenvalue weighted by Crippen LogP contribution is 2.33. The number of methoxy groups -OCH3 is 2. The summed E-state index contributed by atoms with van der Waals surface area (Å²) in [6, 6.07) is -0.181. The van der Waals surface area contributed by atoms with Gasteiger partial charge in [0, 0.05) is 27.3 Å². The number of rotatable bonds is 6. The molecule has 0 aromatic heterocycles. The number of amides is 2. The van der Waals surface area contributed by atoms with Crippen LogP contribution in [0.4, 0.5) is 4.79 Å². The summed E-state index contributed by atoms with van der Waals surface area (Å²) in [5.74, 6) is 0. The van der Waals surface area contributed by atoms with E-state index in [1.807, 2.05) is 0 Å². The molecular weight excluding hydrogens is 255 g/mol. The fourth-order valence-corrected chi connectivity index (χ4v) is 2.11. The standard InChI is InChI=1S/C9H16Cl2N2O3/c1-15-5-3-12-7-9(10,11)13(8(12)14)4-6-16-2/h3-7H2,1-2H3. The number of halogens is 2. The molecule has 0 aliphatic carbocycles. The van der Waals surface area contributed by atoms with E-state index in [0.717, 1.165) is 0 Å². The molecule has 2 amide bonds. The van der Waals surface area contributed by atoms with Gasteiger partial charge in [0.2, 0.25) is 4.46 Å². The van der Waals surface area contributed by atoms with Gasteiger partial charge < -0.3 is 14.4 Å². The Bertz CT molecular complexity index is 251. The van der Waals surface area contributed by atoms with Crippen molar-refractivity contribution in [3.05, 3.63) is 0 Å². The molecule has 16 heavy (non-hydrogen) atoms. The maximum absolute atomic E-state index is 11.9. The first-order valence-corrected chi connectivity index (χ1v) is 5.70. The molecule has 0 atom stereocenters. The van der Waals surface area contributed by atoms with Gasteiger partial charge in [-0.1, -0.05) is 23.2 Å². The Morgan fingerprint density at radius 1 is 1.25 bits per heavy atom. The van der Waals surface area contributed by atoms with Crippen molar-refractivity contribution in [1.29, 1.82) is 0 Å². The topological polar surface area (TPSA) is 42.0 Å². The minimum absolute atomic E-state index is 0.181.